The van der Waals surface area contributed by atoms with Gasteiger partial charge in [-0.15, -0.1) is 0 Å². The van der Waals surface area contributed by atoms with Gasteiger partial charge in [0.2, 0.25) is 5.95 Å². The molecule has 16 heavy (non-hydrogen) atoms. The molecule has 0 aliphatic carbocycles. The topological polar surface area (TPSA) is 51.8 Å². The molecule has 0 saturated carbocycles. The molecule has 0 radical (unpaired) electrons. The van der Waals surface area contributed by atoms with E-state index in [0.717, 1.165) is 16.7 Å². The van der Waals surface area contributed by atoms with Gasteiger partial charge in [-0.25, -0.2) is 14.4 Å². The number of hydrogen-bond acceptors (Lipinski definition) is 3. The number of halogens is 1. The van der Waals surface area contributed by atoms with Gasteiger partial charge in [-0.05, 0) is 43.2 Å². The molecule has 2 aromatic rings. The quantitative estimate of drug-likeness (QED) is 0.798. The molecule has 0 bridgehead atoms. The second-order valence-corrected chi connectivity index (χ2v) is 3.78. The minimum atomic E-state index is -0.272. The minimum Gasteiger partial charge on any atom is -0.368 e. The second-order valence-electron chi connectivity index (χ2n) is 3.78. The molecule has 1 aromatic heterocycles. The molecule has 2 rings (SSSR count). The van der Waals surface area contributed by atoms with Crippen molar-refractivity contribution in [1.29, 1.82) is 0 Å². The highest BCUT2D eigenvalue weighted by Crippen LogP contribution is 2.23. The van der Waals surface area contributed by atoms with E-state index in [9.17, 15) is 4.39 Å². The van der Waals surface area contributed by atoms with Gasteiger partial charge in [0.15, 0.2) is 0 Å². The number of benzene rings is 1. The number of nitrogens with zero attached hydrogens (tertiary/aromatic N) is 2. The smallest absolute Gasteiger partial charge is 0.220 e. The average molecular weight is 217 g/mol. The molecule has 0 amide bonds. The molecule has 82 valence electrons. The Labute approximate surface area is 93.2 Å². The predicted molar refractivity (Wildman–Crippen MR) is 61.3 cm³/mol. The molecule has 0 spiro atoms. The first-order chi connectivity index (χ1) is 7.56. The van der Waals surface area contributed by atoms with Crippen LogP contribution in [-0.2, 0) is 0 Å². The van der Waals surface area contributed by atoms with Crippen LogP contribution in [0.4, 0.5) is 10.3 Å². The van der Waals surface area contributed by atoms with Gasteiger partial charge in [0.25, 0.3) is 0 Å². The van der Waals surface area contributed by atoms with Crippen LogP contribution in [0.2, 0.25) is 0 Å². The summed E-state index contributed by atoms with van der Waals surface area (Å²) in [4.78, 5) is 8.01. The Morgan fingerprint density at radius 3 is 2.62 bits per heavy atom. The lowest BCUT2D eigenvalue weighted by atomic mass is 10.1. The van der Waals surface area contributed by atoms with Crippen LogP contribution in [0.25, 0.3) is 11.3 Å². The fraction of sp³-hybridized carbons (Fsp3) is 0.167. The van der Waals surface area contributed by atoms with E-state index in [4.69, 9.17) is 5.73 Å². The zero-order valence-corrected chi connectivity index (χ0v) is 9.16. The first kappa shape index (κ1) is 10.5. The van der Waals surface area contributed by atoms with Crippen LogP contribution < -0.4 is 5.73 Å². The van der Waals surface area contributed by atoms with Gasteiger partial charge in [0, 0.05) is 11.8 Å². The molecule has 0 unspecified atom stereocenters. The second kappa shape index (κ2) is 3.89. The fourth-order valence-corrected chi connectivity index (χ4v) is 1.62. The standard InChI is InChI=1S/C12H12FN3/c1-7-3-9(5-10(13)4-7)11-8(2)6-15-12(14)16-11/h3-6H,1-2H3,(H2,14,15,16). The van der Waals surface area contributed by atoms with Gasteiger partial charge in [-0.3, -0.25) is 0 Å². The van der Waals surface area contributed by atoms with Gasteiger partial charge in [-0.2, -0.15) is 0 Å². The van der Waals surface area contributed by atoms with E-state index in [1.54, 1.807) is 6.20 Å². The van der Waals surface area contributed by atoms with Crippen molar-refractivity contribution in [2.45, 2.75) is 13.8 Å². The first-order valence-corrected chi connectivity index (χ1v) is 4.93. The number of hydrogen-bond donors (Lipinski definition) is 1. The van der Waals surface area contributed by atoms with Crippen LogP contribution in [0.15, 0.2) is 24.4 Å². The molecule has 0 saturated heterocycles. The third-order valence-corrected chi connectivity index (χ3v) is 2.31. The van der Waals surface area contributed by atoms with Crippen molar-refractivity contribution in [2.75, 3.05) is 5.73 Å². The number of nitrogen functional groups attached to an aromatic ring is 1. The first-order valence-electron chi connectivity index (χ1n) is 4.93. The molecule has 0 fully saturated rings. The van der Waals surface area contributed by atoms with E-state index in [-0.39, 0.29) is 11.8 Å². The molecule has 4 heteroatoms. The van der Waals surface area contributed by atoms with Crippen molar-refractivity contribution in [3.63, 3.8) is 0 Å². The highest BCUT2D eigenvalue weighted by molar-refractivity contribution is 5.64. The molecule has 0 aliphatic heterocycles. The van der Waals surface area contributed by atoms with Gasteiger partial charge in [-0.1, -0.05) is 0 Å². The van der Waals surface area contributed by atoms with Gasteiger partial charge < -0.3 is 5.73 Å². The van der Waals surface area contributed by atoms with Crippen LogP contribution in [0.3, 0.4) is 0 Å². The normalized spacial score (nSPS) is 10.4. The zero-order chi connectivity index (χ0) is 11.7. The number of aromatic nitrogens is 2. The van der Waals surface area contributed by atoms with Gasteiger partial charge >= 0.3 is 0 Å². The van der Waals surface area contributed by atoms with E-state index in [0.29, 0.717) is 5.69 Å². The molecule has 3 nitrogen and oxygen atoms in total. The minimum absolute atomic E-state index is 0.197. The summed E-state index contributed by atoms with van der Waals surface area (Å²) >= 11 is 0. The highest BCUT2D eigenvalue weighted by atomic mass is 19.1. The highest BCUT2D eigenvalue weighted by Gasteiger charge is 2.07. The largest absolute Gasteiger partial charge is 0.368 e. The van der Waals surface area contributed by atoms with E-state index >= 15 is 0 Å². The summed E-state index contributed by atoms with van der Waals surface area (Å²) in [6, 6.07) is 4.79. The monoisotopic (exact) mass is 217 g/mol. The Morgan fingerprint density at radius 2 is 1.94 bits per heavy atom. The van der Waals surface area contributed by atoms with Crippen molar-refractivity contribution in [1.82, 2.24) is 9.97 Å². The van der Waals surface area contributed by atoms with Crippen molar-refractivity contribution in [3.8, 4) is 11.3 Å². The summed E-state index contributed by atoms with van der Waals surface area (Å²) in [5.74, 6) is -0.0749. The Balaban J connectivity index is 2.62. The molecule has 0 atom stereocenters. The van der Waals surface area contributed by atoms with E-state index < -0.39 is 0 Å². The summed E-state index contributed by atoms with van der Waals surface area (Å²) in [5, 5.41) is 0. The molecule has 1 heterocycles. The maximum Gasteiger partial charge on any atom is 0.220 e. The zero-order valence-electron chi connectivity index (χ0n) is 9.16. The van der Waals surface area contributed by atoms with Gasteiger partial charge in [0.05, 0.1) is 5.69 Å². The summed E-state index contributed by atoms with van der Waals surface area (Å²) in [5.41, 5.74) is 8.65. The maximum atomic E-state index is 13.3. The number of anilines is 1. The Kier molecular flexibility index (Phi) is 2.56. The summed E-state index contributed by atoms with van der Waals surface area (Å²) in [7, 11) is 0. The third kappa shape index (κ3) is 2.00. The molecular formula is C12H12FN3. The lowest BCUT2D eigenvalue weighted by Crippen LogP contribution is -1.98. The average Bonchev–Trinajstić information content (AvgIpc) is 2.20. The van der Waals surface area contributed by atoms with Gasteiger partial charge in [0.1, 0.15) is 5.82 Å². The van der Waals surface area contributed by atoms with Crippen LogP contribution >= 0.6 is 0 Å². The van der Waals surface area contributed by atoms with Crippen molar-refractivity contribution in [2.24, 2.45) is 0 Å². The number of aryl methyl sites for hydroxylation is 2. The van der Waals surface area contributed by atoms with Crippen LogP contribution in [-0.4, -0.2) is 9.97 Å². The van der Waals surface area contributed by atoms with Crippen LogP contribution in [0, 0.1) is 19.7 Å². The Morgan fingerprint density at radius 1 is 1.19 bits per heavy atom. The predicted octanol–water partition coefficient (Wildman–Crippen LogP) is 2.48. The van der Waals surface area contributed by atoms with E-state index in [1.165, 1.54) is 12.1 Å². The number of nitrogens with two attached hydrogens (primary N) is 1. The van der Waals surface area contributed by atoms with Crippen molar-refractivity contribution < 1.29 is 4.39 Å². The lowest BCUT2D eigenvalue weighted by molar-refractivity contribution is 0.627. The lowest BCUT2D eigenvalue weighted by Gasteiger charge is -2.06. The van der Waals surface area contributed by atoms with Crippen LogP contribution in [0.1, 0.15) is 11.1 Å². The van der Waals surface area contributed by atoms with Crippen molar-refractivity contribution in [3.05, 3.63) is 41.3 Å². The van der Waals surface area contributed by atoms with Crippen molar-refractivity contribution >= 4 is 5.95 Å². The molecule has 0 aliphatic rings. The fourth-order valence-electron chi connectivity index (χ4n) is 1.62. The molecular weight excluding hydrogens is 205 g/mol. The van der Waals surface area contributed by atoms with E-state index in [1.807, 2.05) is 19.9 Å². The Bertz CT molecular complexity index is 518. The maximum absolute atomic E-state index is 13.3. The summed E-state index contributed by atoms with van der Waals surface area (Å²) < 4.78 is 13.3. The number of rotatable bonds is 1. The SMILES string of the molecule is Cc1cc(F)cc(-c2nc(N)ncc2C)c1. The third-order valence-electron chi connectivity index (χ3n) is 2.31. The van der Waals surface area contributed by atoms with E-state index in [2.05, 4.69) is 9.97 Å². The summed E-state index contributed by atoms with van der Waals surface area (Å²) in [6.45, 7) is 3.71. The van der Waals surface area contributed by atoms with Crippen LogP contribution in [0.5, 0.6) is 0 Å². The molecule has 2 N–H and O–H groups in total. The molecule has 1 aromatic carbocycles. The Hall–Kier alpha value is -1.97. The summed E-state index contributed by atoms with van der Waals surface area (Å²) in [6.07, 6.45) is 1.64.